The molecule has 4 heteroatoms. The first-order valence-corrected chi connectivity index (χ1v) is 7.00. The molecule has 2 unspecified atom stereocenters. The molecular weight excluding hydrogens is 226 g/mol. The predicted molar refractivity (Wildman–Crippen MR) is 67.8 cm³/mol. The van der Waals surface area contributed by atoms with Gasteiger partial charge in [-0.15, -0.1) is 5.10 Å². The van der Waals surface area contributed by atoms with Crippen LogP contribution in [0.1, 0.15) is 58.3 Å². The summed E-state index contributed by atoms with van der Waals surface area (Å²) < 4.78 is 5.61. The molecule has 4 fully saturated rings. The maximum absolute atomic E-state index is 5.62. The molecule has 0 amide bonds. The van der Waals surface area contributed by atoms with Gasteiger partial charge >= 0.3 is 6.01 Å². The zero-order chi connectivity index (χ0) is 12.6. The molecule has 4 bridgehead atoms. The average Bonchev–Trinajstić information content (AvgIpc) is 2.59. The summed E-state index contributed by atoms with van der Waals surface area (Å²) in [5.74, 6) is 1.64. The Bertz CT molecular complexity index is 491. The molecule has 2 atom stereocenters. The molecule has 1 aromatic rings. The van der Waals surface area contributed by atoms with Gasteiger partial charge in [0.15, 0.2) is 0 Å². The Morgan fingerprint density at radius 1 is 1.06 bits per heavy atom. The SMILES string of the molecule is CC12CC3CC(C)(C1)CC(c1nnc(N)o1)(C3)C2. The molecule has 0 saturated heterocycles. The molecule has 4 saturated carbocycles. The predicted octanol–water partition coefficient (Wildman–Crippen LogP) is 2.90. The number of nitrogens with two attached hydrogens (primary N) is 1. The molecule has 2 N–H and O–H groups in total. The van der Waals surface area contributed by atoms with E-state index in [1.165, 1.54) is 38.5 Å². The molecule has 1 heterocycles. The second kappa shape index (κ2) is 2.91. The molecule has 0 radical (unpaired) electrons. The van der Waals surface area contributed by atoms with Gasteiger partial charge in [-0.05, 0) is 55.3 Å². The minimum absolute atomic E-state index is 0.119. The van der Waals surface area contributed by atoms with Crippen molar-refractivity contribution in [1.29, 1.82) is 0 Å². The van der Waals surface area contributed by atoms with Crippen molar-refractivity contribution in [3.8, 4) is 0 Å². The number of nitrogen functional groups attached to an aromatic ring is 1. The van der Waals surface area contributed by atoms with Gasteiger partial charge in [0, 0.05) is 5.41 Å². The number of aromatic nitrogens is 2. The molecular formula is C14H21N3O. The Labute approximate surface area is 107 Å². The third-order valence-electron chi connectivity index (χ3n) is 5.52. The van der Waals surface area contributed by atoms with Crippen LogP contribution in [0.4, 0.5) is 6.01 Å². The van der Waals surface area contributed by atoms with Crippen molar-refractivity contribution in [2.24, 2.45) is 16.7 Å². The van der Waals surface area contributed by atoms with Gasteiger partial charge in [-0.25, -0.2) is 0 Å². The fourth-order valence-corrected chi connectivity index (χ4v) is 6.14. The van der Waals surface area contributed by atoms with Crippen LogP contribution in [0.15, 0.2) is 4.42 Å². The van der Waals surface area contributed by atoms with E-state index in [4.69, 9.17) is 10.2 Å². The normalized spacial score (nSPS) is 49.8. The molecule has 4 nitrogen and oxygen atoms in total. The van der Waals surface area contributed by atoms with Crippen LogP contribution in [0.5, 0.6) is 0 Å². The summed E-state index contributed by atoms with van der Waals surface area (Å²) in [6.45, 7) is 4.90. The van der Waals surface area contributed by atoms with Gasteiger partial charge in [0.05, 0.1) is 0 Å². The van der Waals surface area contributed by atoms with Crippen LogP contribution in [0, 0.1) is 16.7 Å². The number of hydrogen-bond acceptors (Lipinski definition) is 4. The molecule has 4 aliphatic rings. The largest absolute Gasteiger partial charge is 0.408 e. The Kier molecular flexibility index (Phi) is 1.75. The smallest absolute Gasteiger partial charge is 0.312 e. The van der Waals surface area contributed by atoms with E-state index < -0.39 is 0 Å². The van der Waals surface area contributed by atoms with Crippen LogP contribution in [0.25, 0.3) is 0 Å². The minimum Gasteiger partial charge on any atom is -0.408 e. The zero-order valence-corrected chi connectivity index (χ0v) is 11.2. The van der Waals surface area contributed by atoms with E-state index >= 15 is 0 Å². The summed E-state index contributed by atoms with van der Waals surface area (Å²) in [6, 6.07) is 0.219. The van der Waals surface area contributed by atoms with Crippen molar-refractivity contribution < 1.29 is 4.42 Å². The molecule has 98 valence electrons. The molecule has 18 heavy (non-hydrogen) atoms. The number of rotatable bonds is 1. The Morgan fingerprint density at radius 2 is 1.72 bits per heavy atom. The lowest BCUT2D eigenvalue weighted by atomic mass is 9.40. The van der Waals surface area contributed by atoms with E-state index in [-0.39, 0.29) is 11.4 Å². The Hall–Kier alpha value is -1.06. The Balaban J connectivity index is 1.82. The summed E-state index contributed by atoms with van der Waals surface area (Å²) in [6.07, 6.45) is 7.76. The maximum atomic E-state index is 5.62. The van der Waals surface area contributed by atoms with Crippen LogP contribution < -0.4 is 5.73 Å². The molecule has 0 spiro atoms. The van der Waals surface area contributed by atoms with Crippen LogP contribution in [-0.2, 0) is 5.41 Å². The van der Waals surface area contributed by atoms with Crippen molar-refractivity contribution in [2.75, 3.05) is 5.73 Å². The van der Waals surface area contributed by atoms with E-state index in [0.717, 1.165) is 11.8 Å². The van der Waals surface area contributed by atoms with E-state index in [1.54, 1.807) is 0 Å². The summed E-state index contributed by atoms with van der Waals surface area (Å²) in [5.41, 5.74) is 6.68. The van der Waals surface area contributed by atoms with Crippen molar-refractivity contribution in [3.05, 3.63) is 5.89 Å². The molecule has 1 aromatic heterocycles. The van der Waals surface area contributed by atoms with Crippen LogP contribution >= 0.6 is 0 Å². The number of nitrogens with zero attached hydrogens (tertiary/aromatic N) is 2. The molecule has 5 rings (SSSR count). The highest BCUT2D eigenvalue weighted by Crippen LogP contribution is 2.69. The van der Waals surface area contributed by atoms with Crippen LogP contribution in [0.2, 0.25) is 0 Å². The van der Waals surface area contributed by atoms with Crippen LogP contribution in [0.3, 0.4) is 0 Å². The maximum Gasteiger partial charge on any atom is 0.312 e. The summed E-state index contributed by atoms with van der Waals surface area (Å²) in [7, 11) is 0. The van der Waals surface area contributed by atoms with E-state index in [2.05, 4.69) is 24.0 Å². The molecule has 0 aliphatic heterocycles. The first-order chi connectivity index (χ1) is 8.41. The standard InChI is InChI=1S/C14H21N3O/c1-12-3-9-4-13(2,6-12)8-14(5-9,7-12)10-16-17-11(15)18-10/h9H,3-8H2,1-2H3,(H2,15,17). The summed E-state index contributed by atoms with van der Waals surface area (Å²) in [5, 5.41) is 8.11. The van der Waals surface area contributed by atoms with Gasteiger partial charge in [-0.1, -0.05) is 18.9 Å². The van der Waals surface area contributed by atoms with Crippen LogP contribution in [-0.4, -0.2) is 10.2 Å². The number of anilines is 1. The van der Waals surface area contributed by atoms with E-state index in [0.29, 0.717) is 10.8 Å². The van der Waals surface area contributed by atoms with Crippen molar-refractivity contribution in [1.82, 2.24) is 10.2 Å². The van der Waals surface area contributed by atoms with Gasteiger partial charge in [-0.3, -0.25) is 0 Å². The monoisotopic (exact) mass is 247 g/mol. The fourth-order valence-electron chi connectivity index (χ4n) is 6.14. The Morgan fingerprint density at radius 3 is 2.22 bits per heavy atom. The molecule has 0 aromatic carbocycles. The zero-order valence-electron chi connectivity index (χ0n) is 11.2. The second-order valence-electron chi connectivity index (χ2n) is 7.86. The van der Waals surface area contributed by atoms with Gasteiger partial charge < -0.3 is 10.2 Å². The average molecular weight is 247 g/mol. The second-order valence-corrected chi connectivity index (χ2v) is 7.86. The first-order valence-electron chi connectivity index (χ1n) is 7.00. The van der Waals surface area contributed by atoms with Gasteiger partial charge in [-0.2, -0.15) is 0 Å². The van der Waals surface area contributed by atoms with Crippen molar-refractivity contribution >= 4 is 6.01 Å². The minimum atomic E-state index is 0.119. The summed E-state index contributed by atoms with van der Waals surface area (Å²) in [4.78, 5) is 0. The van der Waals surface area contributed by atoms with E-state index in [1.807, 2.05) is 0 Å². The van der Waals surface area contributed by atoms with Gasteiger partial charge in [0.25, 0.3) is 0 Å². The lowest BCUT2D eigenvalue weighted by Crippen LogP contribution is -2.57. The van der Waals surface area contributed by atoms with Crippen molar-refractivity contribution in [3.63, 3.8) is 0 Å². The first kappa shape index (κ1) is 10.8. The van der Waals surface area contributed by atoms with E-state index in [9.17, 15) is 0 Å². The quantitative estimate of drug-likeness (QED) is 0.828. The van der Waals surface area contributed by atoms with Crippen molar-refractivity contribution in [2.45, 2.75) is 57.8 Å². The highest BCUT2D eigenvalue weighted by Gasteiger charge is 2.62. The highest BCUT2D eigenvalue weighted by atomic mass is 16.4. The number of hydrogen-bond donors (Lipinski definition) is 1. The van der Waals surface area contributed by atoms with Gasteiger partial charge in [0.2, 0.25) is 5.89 Å². The third kappa shape index (κ3) is 1.32. The lowest BCUT2D eigenvalue weighted by molar-refractivity contribution is -0.117. The highest BCUT2D eigenvalue weighted by molar-refractivity contribution is 5.21. The fraction of sp³-hybridized carbons (Fsp3) is 0.857. The summed E-state index contributed by atoms with van der Waals surface area (Å²) >= 11 is 0. The van der Waals surface area contributed by atoms with Gasteiger partial charge in [0.1, 0.15) is 0 Å². The third-order valence-corrected chi connectivity index (χ3v) is 5.52. The lowest BCUT2D eigenvalue weighted by Gasteiger charge is -2.64. The topological polar surface area (TPSA) is 64.9 Å². The molecule has 4 aliphatic carbocycles.